The van der Waals surface area contributed by atoms with Crippen LogP contribution in [0.5, 0.6) is 5.75 Å². The van der Waals surface area contributed by atoms with E-state index in [0.29, 0.717) is 30.2 Å². The Morgan fingerprint density at radius 2 is 1.87 bits per heavy atom. The molecule has 0 bridgehead atoms. The molecule has 2 aromatic carbocycles. The summed E-state index contributed by atoms with van der Waals surface area (Å²) in [5.41, 5.74) is 3.06. The summed E-state index contributed by atoms with van der Waals surface area (Å²) in [6.45, 7) is 6.03. The molecule has 1 atom stereocenters. The van der Waals surface area contributed by atoms with Gasteiger partial charge in [0.15, 0.2) is 0 Å². The Morgan fingerprint density at radius 3 is 2.57 bits per heavy atom. The summed E-state index contributed by atoms with van der Waals surface area (Å²) in [4.78, 5) is 24.8. The molecule has 0 aliphatic carbocycles. The van der Waals surface area contributed by atoms with E-state index in [1.165, 1.54) is 0 Å². The lowest BCUT2D eigenvalue weighted by atomic mass is 10.1. The Kier molecular flexibility index (Phi) is 6.85. The average Bonchev–Trinajstić information content (AvgIpc) is 3.08. The molecule has 3 rings (SSSR count). The molecule has 0 aliphatic heterocycles. The molecule has 0 spiro atoms. The second kappa shape index (κ2) is 9.73. The standard InChI is InChI=1S/C23H25N3O4/c1-15-21(17(3)30-26-15)14-29-20-11-7-10-19(12-20)23(28)25-16(2)22(27)24-13-18-8-5-4-6-9-18/h4-12,16H,13-14H2,1-3H3,(H,24,27)(H,25,28). The van der Waals surface area contributed by atoms with E-state index in [2.05, 4.69) is 15.8 Å². The Labute approximate surface area is 175 Å². The summed E-state index contributed by atoms with van der Waals surface area (Å²) in [5, 5.41) is 9.44. The molecule has 7 nitrogen and oxygen atoms in total. The second-order valence-corrected chi connectivity index (χ2v) is 7.02. The number of benzene rings is 2. The van der Waals surface area contributed by atoms with E-state index < -0.39 is 6.04 Å². The first-order valence-electron chi connectivity index (χ1n) is 9.71. The van der Waals surface area contributed by atoms with Crippen molar-refractivity contribution < 1.29 is 18.8 Å². The summed E-state index contributed by atoms with van der Waals surface area (Å²) < 4.78 is 10.9. The van der Waals surface area contributed by atoms with Gasteiger partial charge in [0, 0.05) is 12.1 Å². The van der Waals surface area contributed by atoms with Crippen LogP contribution in [0.2, 0.25) is 0 Å². The van der Waals surface area contributed by atoms with Crippen molar-refractivity contribution >= 4 is 11.8 Å². The van der Waals surface area contributed by atoms with Crippen molar-refractivity contribution in [2.45, 2.75) is 40.0 Å². The van der Waals surface area contributed by atoms with Gasteiger partial charge in [-0.3, -0.25) is 9.59 Å². The van der Waals surface area contributed by atoms with Crippen LogP contribution in [-0.2, 0) is 17.9 Å². The number of hydrogen-bond donors (Lipinski definition) is 2. The first-order valence-corrected chi connectivity index (χ1v) is 9.71. The van der Waals surface area contributed by atoms with E-state index in [-0.39, 0.29) is 11.8 Å². The number of carbonyl (C=O) groups excluding carboxylic acids is 2. The van der Waals surface area contributed by atoms with Crippen LogP contribution in [0.25, 0.3) is 0 Å². The van der Waals surface area contributed by atoms with Crippen LogP contribution in [-0.4, -0.2) is 23.0 Å². The van der Waals surface area contributed by atoms with Crippen LogP contribution in [0.15, 0.2) is 59.1 Å². The smallest absolute Gasteiger partial charge is 0.252 e. The van der Waals surface area contributed by atoms with Gasteiger partial charge in [-0.2, -0.15) is 0 Å². The van der Waals surface area contributed by atoms with Crippen molar-refractivity contribution in [1.82, 2.24) is 15.8 Å². The first-order chi connectivity index (χ1) is 14.4. The summed E-state index contributed by atoms with van der Waals surface area (Å²) >= 11 is 0. The quantitative estimate of drug-likeness (QED) is 0.598. The molecular weight excluding hydrogens is 382 g/mol. The molecule has 30 heavy (non-hydrogen) atoms. The zero-order chi connectivity index (χ0) is 21.5. The van der Waals surface area contributed by atoms with E-state index in [4.69, 9.17) is 9.26 Å². The molecule has 1 unspecified atom stereocenters. The maximum atomic E-state index is 12.6. The number of aryl methyl sites for hydroxylation is 2. The van der Waals surface area contributed by atoms with Gasteiger partial charge in [-0.15, -0.1) is 0 Å². The fourth-order valence-corrected chi connectivity index (χ4v) is 2.87. The van der Waals surface area contributed by atoms with Crippen LogP contribution in [0.3, 0.4) is 0 Å². The summed E-state index contributed by atoms with van der Waals surface area (Å²) in [6, 6.07) is 15.7. The van der Waals surface area contributed by atoms with Gasteiger partial charge in [0.1, 0.15) is 24.2 Å². The minimum Gasteiger partial charge on any atom is -0.489 e. The van der Waals surface area contributed by atoms with Crippen molar-refractivity contribution in [3.63, 3.8) is 0 Å². The van der Waals surface area contributed by atoms with Crippen LogP contribution >= 0.6 is 0 Å². The number of nitrogens with zero attached hydrogens (tertiary/aromatic N) is 1. The molecule has 3 aromatic rings. The van der Waals surface area contributed by atoms with E-state index >= 15 is 0 Å². The molecule has 0 radical (unpaired) electrons. The highest BCUT2D eigenvalue weighted by atomic mass is 16.5. The first kappa shape index (κ1) is 21.1. The molecule has 7 heteroatoms. The zero-order valence-corrected chi connectivity index (χ0v) is 17.3. The third-order valence-corrected chi connectivity index (χ3v) is 4.71. The molecule has 156 valence electrons. The summed E-state index contributed by atoms with van der Waals surface area (Å²) in [7, 11) is 0. The van der Waals surface area contributed by atoms with Gasteiger partial charge in [-0.1, -0.05) is 41.6 Å². The van der Waals surface area contributed by atoms with E-state index in [9.17, 15) is 9.59 Å². The number of nitrogens with one attached hydrogen (secondary N) is 2. The average molecular weight is 407 g/mol. The van der Waals surface area contributed by atoms with Gasteiger partial charge in [0.2, 0.25) is 5.91 Å². The van der Waals surface area contributed by atoms with E-state index in [1.807, 2.05) is 44.2 Å². The number of carbonyl (C=O) groups is 2. The van der Waals surface area contributed by atoms with Crippen molar-refractivity contribution in [2.24, 2.45) is 0 Å². The van der Waals surface area contributed by atoms with Gasteiger partial charge in [-0.05, 0) is 44.5 Å². The number of hydrogen-bond acceptors (Lipinski definition) is 5. The summed E-state index contributed by atoms with van der Waals surface area (Å²) in [6.07, 6.45) is 0. The highest BCUT2D eigenvalue weighted by molar-refractivity contribution is 5.97. The lowest BCUT2D eigenvalue weighted by Crippen LogP contribution is -2.44. The minimum absolute atomic E-state index is 0.252. The second-order valence-electron chi connectivity index (χ2n) is 7.02. The highest BCUT2D eigenvalue weighted by Gasteiger charge is 2.17. The molecule has 2 amide bonds. The predicted molar refractivity (Wildman–Crippen MR) is 112 cm³/mol. The Morgan fingerprint density at radius 1 is 1.10 bits per heavy atom. The van der Waals surface area contributed by atoms with E-state index in [1.54, 1.807) is 31.2 Å². The van der Waals surface area contributed by atoms with Crippen LogP contribution in [0, 0.1) is 13.8 Å². The van der Waals surface area contributed by atoms with Crippen molar-refractivity contribution in [2.75, 3.05) is 0 Å². The van der Waals surface area contributed by atoms with E-state index in [0.717, 1.165) is 16.8 Å². The molecule has 2 N–H and O–H groups in total. The number of ether oxygens (including phenoxy) is 1. The minimum atomic E-state index is -0.673. The van der Waals surface area contributed by atoms with Crippen LogP contribution in [0.1, 0.15) is 39.9 Å². The Bertz CT molecular complexity index is 995. The number of aromatic nitrogens is 1. The topological polar surface area (TPSA) is 93.5 Å². The van der Waals surface area contributed by atoms with Crippen LogP contribution in [0.4, 0.5) is 0 Å². The largest absolute Gasteiger partial charge is 0.489 e. The third-order valence-electron chi connectivity index (χ3n) is 4.71. The van der Waals surface area contributed by atoms with Gasteiger partial charge in [-0.25, -0.2) is 0 Å². The molecule has 1 heterocycles. The fourth-order valence-electron chi connectivity index (χ4n) is 2.87. The van der Waals surface area contributed by atoms with Crippen LogP contribution < -0.4 is 15.4 Å². The molecule has 0 saturated carbocycles. The van der Waals surface area contributed by atoms with Crippen molar-refractivity contribution in [3.8, 4) is 5.75 Å². The van der Waals surface area contributed by atoms with Gasteiger partial charge in [0.25, 0.3) is 5.91 Å². The lowest BCUT2D eigenvalue weighted by molar-refractivity contribution is -0.122. The number of amides is 2. The van der Waals surface area contributed by atoms with Crippen molar-refractivity contribution in [3.05, 3.63) is 82.7 Å². The zero-order valence-electron chi connectivity index (χ0n) is 17.3. The van der Waals surface area contributed by atoms with Gasteiger partial charge < -0.3 is 19.9 Å². The predicted octanol–water partition coefficient (Wildman–Crippen LogP) is 3.31. The molecule has 1 aromatic heterocycles. The monoisotopic (exact) mass is 407 g/mol. The molecule has 0 aliphatic rings. The maximum absolute atomic E-state index is 12.6. The molecular formula is C23H25N3O4. The molecule has 0 fully saturated rings. The Balaban J connectivity index is 1.54. The Hall–Kier alpha value is -3.61. The maximum Gasteiger partial charge on any atom is 0.252 e. The highest BCUT2D eigenvalue weighted by Crippen LogP contribution is 2.18. The van der Waals surface area contributed by atoms with Gasteiger partial charge >= 0.3 is 0 Å². The third kappa shape index (κ3) is 5.47. The van der Waals surface area contributed by atoms with Gasteiger partial charge in [0.05, 0.1) is 11.3 Å². The normalized spacial score (nSPS) is 11.6. The number of rotatable bonds is 8. The van der Waals surface area contributed by atoms with Crippen molar-refractivity contribution in [1.29, 1.82) is 0 Å². The SMILES string of the molecule is Cc1noc(C)c1COc1cccc(C(=O)NC(C)C(=O)NCc2ccccc2)c1. The lowest BCUT2D eigenvalue weighted by Gasteiger charge is -2.15. The molecule has 0 saturated heterocycles. The summed E-state index contributed by atoms with van der Waals surface area (Å²) in [5.74, 6) is 0.652. The fraction of sp³-hybridized carbons (Fsp3) is 0.261.